The number of carbonyl (C=O) groups excluding carboxylic acids is 2. The van der Waals surface area contributed by atoms with Crippen LogP contribution in [0.15, 0.2) is 12.4 Å². The third kappa shape index (κ3) is 2.09. The molecule has 1 aliphatic heterocycles. The molecular weight excluding hydrogens is 256 g/mol. The minimum Gasteiger partial charge on any atom is -0.342 e. The summed E-state index contributed by atoms with van der Waals surface area (Å²) < 4.78 is 1.80. The third-order valence-corrected chi connectivity index (χ3v) is 4.06. The first kappa shape index (κ1) is 13.1. The first-order valence-corrected chi connectivity index (χ1v) is 7.16. The molecule has 1 N–H and O–H groups in total. The summed E-state index contributed by atoms with van der Waals surface area (Å²) in [5.41, 5.74) is 0.705. The number of nitrogens with zero attached hydrogens (tertiary/aromatic N) is 3. The van der Waals surface area contributed by atoms with Gasteiger partial charge < -0.3 is 5.32 Å². The normalized spacial score (nSPS) is 27.1. The zero-order valence-corrected chi connectivity index (χ0v) is 12.0. The molecule has 2 heterocycles. The molecule has 2 aliphatic rings. The first-order valence-electron chi connectivity index (χ1n) is 7.16. The van der Waals surface area contributed by atoms with Gasteiger partial charge in [0, 0.05) is 12.2 Å². The fourth-order valence-electron chi connectivity index (χ4n) is 2.63. The van der Waals surface area contributed by atoms with E-state index in [-0.39, 0.29) is 23.9 Å². The van der Waals surface area contributed by atoms with Crippen LogP contribution >= 0.6 is 0 Å². The van der Waals surface area contributed by atoms with E-state index in [0.717, 1.165) is 12.8 Å². The van der Waals surface area contributed by atoms with Gasteiger partial charge >= 0.3 is 0 Å². The minimum absolute atomic E-state index is 0.0112. The van der Waals surface area contributed by atoms with E-state index < -0.39 is 6.04 Å². The minimum atomic E-state index is -0.484. The Labute approximate surface area is 118 Å². The van der Waals surface area contributed by atoms with Crippen molar-refractivity contribution in [2.24, 2.45) is 5.92 Å². The lowest BCUT2D eigenvalue weighted by atomic mass is 10.0. The number of carbonyl (C=O) groups is 2. The van der Waals surface area contributed by atoms with Gasteiger partial charge in [-0.15, -0.1) is 0 Å². The van der Waals surface area contributed by atoms with Crippen molar-refractivity contribution < 1.29 is 9.59 Å². The third-order valence-electron chi connectivity index (χ3n) is 4.06. The maximum atomic E-state index is 12.6. The summed E-state index contributed by atoms with van der Waals surface area (Å²) in [5, 5.41) is 7.11. The Bertz CT molecular complexity index is 547. The maximum absolute atomic E-state index is 12.6. The standard InChI is InChI=1S/C14H20N4O2/c1-8(2)17-7-11(6-15-17)18-9(3)13(19)16-12(14(18)20)10-4-5-10/h6-10,12H,4-5H2,1-3H3,(H,16,19). The molecule has 2 atom stereocenters. The van der Waals surface area contributed by atoms with Crippen LogP contribution in [-0.2, 0) is 9.59 Å². The van der Waals surface area contributed by atoms with E-state index in [2.05, 4.69) is 10.4 Å². The number of rotatable bonds is 3. The van der Waals surface area contributed by atoms with E-state index in [1.807, 2.05) is 20.0 Å². The van der Waals surface area contributed by atoms with Crippen molar-refractivity contribution in [3.8, 4) is 0 Å². The number of aromatic nitrogens is 2. The van der Waals surface area contributed by atoms with Crippen LogP contribution in [0.1, 0.15) is 39.7 Å². The van der Waals surface area contributed by atoms with Crippen LogP contribution in [-0.4, -0.2) is 33.7 Å². The average molecular weight is 276 g/mol. The number of anilines is 1. The highest BCUT2D eigenvalue weighted by Crippen LogP contribution is 2.36. The van der Waals surface area contributed by atoms with E-state index in [1.54, 1.807) is 22.7 Å². The van der Waals surface area contributed by atoms with Gasteiger partial charge in [-0.1, -0.05) is 0 Å². The molecule has 6 heteroatoms. The number of hydrogen-bond acceptors (Lipinski definition) is 3. The Morgan fingerprint density at radius 2 is 2.05 bits per heavy atom. The average Bonchev–Trinajstić information content (AvgIpc) is 3.12. The molecule has 0 bridgehead atoms. The molecule has 0 radical (unpaired) electrons. The zero-order valence-electron chi connectivity index (χ0n) is 12.0. The summed E-state index contributed by atoms with van der Waals surface area (Å²) in [6.07, 6.45) is 5.53. The van der Waals surface area contributed by atoms with Crippen LogP contribution in [0.5, 0.6) is 0 Å². The molecule has 20 heavy (non-hydrogen) atoms. The largest absolute Gasteiger partial charge is 0.342 e. The van der Waals surface area contributed by atoms with Gasteiger partial charge in [-0.25, -0.2) is 0 Å². The lowest BCUT2D eigenvalue weighted by Crippen LogP contribution is -2.63. The second-order valence-electron chi connectivity index (χ2n) is 5.98. The molecule has 1 saturated carbocycles. The summed E-state index contributed by atoms with van der Waals surface area (Å²) in [4.78, 5) is 26.3. The molecular formula is C14H20N4O2. The highest BCUT2D eigenvalue weighted by molar-refractivity contribution is 6.08. The SMILES string of the molecule is CC1C(=O)NC(C2CC2)C(=O)N1c1cnn(C(C)C)c1. The lowest BCUT2D eigenvalue weighted by molar-refractivity contribution is -0.133. The van der Waals surface area contributed by atoms with Gasteiger partial charge in [-0.2, -0.15) is 5.10 Å². The highest BCUT2D eigenvalue weighted by atomic mass is 16.2. The monoisotopic (exact) mass is 276 g/mol. The molecule has 1 aliphatic carbocycles. The number of amides is 2. The molecule has 2 amide bonds. The van der Waals surface area contributed by atoms with Crippen LogP contribution in [0.25, 0.3) is 0 Å². The molecule has 3 rings (SSSR count). The van der Waals surface area contributed by atoms with E-state index in [4.69, 9.17) is 0 Å². The molecule has 0 spiro atoms. The lowest BCUT2D eigenvalue weighted by Gasteiger charge is -2.36. The predicted octanol–water partition coefficient (Wildman–Crippen LogP) is 1.09. The van der Waals surface area contributed by atoms with Crippen LogP contribution in [0.4, 0.5) is 5.69 Å². The molecule has 2 unspecified atom stereocenters. The van der Waals surface area contributed by atoms with Gasteiger partial charge in [0.15, 0.2) is 0 Å². The summed E-state index contributed by atoms with van der Waals surface area (Å²) in [6, 6.07) is -0.615. The van der Waals surface area contributed by atoms with E-state index in [1.165, 1.54) is 0 Å². The van der Waals surface area contributed by atoms with Gasteiger partial charge in [-0.05, 0) is 39.5 Å². The van der Waals surface area contributed by atoms with Crippen molar-refractivity contribution >= 4 is 17.5 Å². The van der Waals surface area contributed by atoms with E-state index in [0.29, 0.717) is 11.6 Å². The van der Waals surface area contributed by atoms with Crippen LogP contribution in [0.3, 0.4) is 0 Å². The van der Waals surface area contributed by atoms with Crippen LogP contribution in [0.2, 0.25) is 0 Å². The number of piperazine rings is 1. The van der Waals surface area contributed by atoms with E-state index in [9.17, 15) is 9.59 Å². The van der Waals surface area contributed by atoms with Crippen molar-refractivity contribution in [2.75, 3.05) is 4.90 Å². The predicted molar refractivity (Wildman–Crippen MR) is 74.2 cm³/mol. The highest BCUT2D eigenvalue weighted by Gasteiger charge is 2.46. The Kier molecular flexibility index (Phi) is 3.03. The Balaban J connectivity index is 1.91. The fraction of sp³-hybridized carbons (Fsp3) is 0.643. The van der Waals surface area contributed by atoms with Gasteiger partial charge in [0.1, 0.15) is 12.1 Å². The van der Waals surface area contributed by atoms with Crippen molar-refractivity contribution in [3.05, 3.63) is 12.4 Å². The first-order chi connectivity index (χ1) is 9.49. The van der Waals surface area contributed by atoms with Crippen molar-refractivity contribution in [2.45, 2.75) is 51.7 Å². The van der Waals surface area contributed by atoms with Gasteiger partial charge in [0.05, 0.1) is 11.9 Å². The van der Waals surface area contributed by atoms with Crippen molar-refractivity contribution in [1.29, 1.82) is 0 Å². The summed E-state index contributed by atoms with van der Waals surface area (Å²) in [6.45, 7) is 5.80. The van der Waals surface area contributed by atoms with Gasteiger partial charge in [-0.3, -0.25) is 19.2 Å². The van der Waals surface area contributed by atoms with Crippen molar-refractivity contribution in [3.63, 3.8) is 0 Å². The Morgan fingerprint density at radius 3 is 2.60 bits per heavy atom. The fourth-order valence-corrected chi connectivity index (χ4v) is 2.63. The van der Waals surface area contributed by atoms with E-state index >= 15 is 0 Å². The quantitative estimate of drug-likeness (QED) is 0.898. The van der Waals surface area contributed by atoms with Crippen LogP contribution in [0, 0.1) is 5.92 Å². The zero-order chi connectivity index (χ0) is 14.4. The summed E-state index contributed by atoms with van der Waals surface area (Å²) >= 11 is 0. The van der Waals surface area contributed by atoms with Crippen LogP contribution < -0.4 is 10.2 Å². The van der Waals surface area contributed by atoms with Gasteiger partial charge in [0.2, 0.25) is 5.91 Å². The molecule has 1 saturated heterocycles. The molecule has 1 aromatic rings. The summed E-state index contributed by atoms with van der Waals surface area (Å²) in [5.74, 6) is 0.211. The molecule has 108 valence electrons. The maximum Gasteiger partial charge on any atom is 0.250 e. The summed E-state index contributed by atoms with van der Waals surface area (Å²) in [7, 11) is 0. The molecule has 6 nitrogen and oxygen atoms in total. The topological polar surface area (TPSA) is 67.2 Å². The second-order valence-corrected chi connectivity index (χ2v) is 5.98. The molecule has 0 aromatic carbocycles. The Morgan fingerprint density at radius 1 is 1.35 bits per heavy atom. The van der Waals surface area contributed by atoms with Gasteiger partial charge in [0.25, 0.3) is 5.91 Å². The molecule has 1 aromatic heterocycles. The second kappa shape index (κ2) is 4.61. The van der Waals surface area contributed by atoms with Crippen molar-refractivity contribution in [1.82, 2.24) is 15.1 Å². The number of hydrogen-bond donors (Lipinski definition) is 1. The Hall–Kier alpha value is -1.85. The number of nitrogens with one attached hydrogen (secondary N) is 1. The smallest absolute Gasteiger partial charge is 0.250 e. The molecule has 2 fully saturated rings.